The Balaban J connectivity index is 2.02. The van der Waals surface area contributed by atoms with E-state index in [1.807, 2.05) is 31.4 Å². The van der Waals surface area contributed by atoms with Gasteiger partial charge in [-0.15, -0.1) is 0 Å². The van der Waals surface area contributed by atoms with Gasteiger partial charge in [-0.25, -0.2) is 9.79 Å². The van der Waals surface area contributed by atoms with Crippen LogP contribution in [0.3, 0.4) is 0 Å². The van der Waals surface area contributed by atoms with Gasteiger partial charge in [-0.05, 0) is 37.8 Å². The zero-order chi connectivity index (χ0) is 16.4. The number of benzene rings is 1. The second-order valence-corrected chi connectivity index (χ2v) is 5.83. The molecule has 1 N–H and O–H groups in total. The highest BCUT2D eigenvalue weighted by Gasteiger charge is 2.31. The third-order valence-corrected chi connectivity index (χ3v) is 4.21. The second kappa shape index (κ2) is 6.54. The molecule has 1 aromatic carbocycles. The first-order chi connectivity index (χ1) is 11.1. The Bertz CT molecular complexity index is 699. The van der Waals surface area contributed by atoms with Crippen LogP contribution >= 0.6 is 11.8 Å². The number of nitrogens with zero attached hydrogens (tertiary/aromatic N) is 1. The zero-order valence-corrected chi connectivity index (χ0v) is 14.0. The molecule has 2 aliphatic rings. The van der Waals surface area contributed by atoms with E-state index in [-0.39, 0.29) is 12.8 Å². The number of carbonyl (C=O) groups excluding carboxylic acids is 1. The molecule has 0 fully saturated rings. The molecule has 1 unspecified atom stereocenters. The lowest BCUT2D eigenvalue weighted by molar-refractivity contribution is -0.138. The van der Waals surface area contributed by atoms with Crippen LogP contribution in [-0.2, 0) is 9.53 Å². The number of hydrogen-bond acceptors (Lipinski definition) is 7. The van der Waals surface area contributed by atoms with Gasteiger partial charge in [-0.3, -0.25) is 0 Å². The number of thioether (sulfide) groups is 1. The van der Waals surface area contributed by atoms with E-state index in [4.69, 9.17) is 14.2 Å². The normalized spacial score (nSPS) is 19.3. The predicted molar refractivity (Wildman–Crippen MR) is 88.7 cm³/mol. The SMILES string of the molecule is CCOC(=O)C1=C(C)NC(SC)=NC1c1ccc2c(c1)OCO2. The summed E-state index contributed by atoms with van der Waals surface area (Å²) < 4.78 is 16.0. The minimum Gasteiger partial charge on any atom is -0.463 e. The number of fused-ring (bicyclic) bond motifs is 1. The monoisotopic (exact) mass is 334 g/mol. The molecule has 122 valence electrons. The molecule has 0 aromatic heterocycles. The largest absolute Gasteiger partial charge is 0.463 e. The van der Waals surface area contributed by atoms with E-state index < -0.39 is 6.04 Å². The molecule has 2 aliphatic heterocycles. The number of ether oxygens (including phenoxy) is 3. The highest BCUT2D eigenvalue weighted by Crippen LogP contribution is 2.39. The minimum atomic E-state index is -0.424. The molecule has 1 atom stereocenters. The number of rotatable bonds is 3. The van der Waals surface area contributed by atoms with E-state index in [1.54, 1.807) is 6.92 Å². The van der Waals surface area contributed by atoms with Crippen molar-refractivity contribution in [2.75, 3.05) is 19.7 Å². The molecular formula is C16H18N2O4S. The van der Waals surface area contributed by atoms with Gasteiger partial charge in [0, 0.05) is 5.70 Å². The molecule has 0 aliphatic carbocycles. The molecule has 3 rings (SSSR count). The second-order valence-electron chi connectivity index (χ2n) is 5.04. The van der Waals surface area contributed by atoms with Crippen LogP contribution in [0.1, 0.15) is 25.5 Å². The Labute approximate surface area is 138 Å². The summed E-state index contributed by atoms with van der Waals surface area (Å²) in [7, 11) is 0. The first-order valence-corrected chi connectivity index (χ1v) is 8.52. The third kappa shape index (κ3) is 3.01. The molecule has 0 radical (unpaired) electrons. The lowest BCUT2D eigenvalue weighted by atomic mass is 9.96. The van der Waals surface area contributed by atoms with Crippen molar-refractivity contribution >= 4 is 22.9 Å². The summed E-state index contributed by atoms with van der Waals surface area (Å²) in [5.41, 5.74) is 2.14. The Morgan fingerprint density at radius 2 is 2.22 bits per heavy atom. The standard InChI is InChI=1S/C16H18N2O4S/c1-4-20-15(19)13-9(2)17-16(23-3)18-14(13)10-5-6-11-12(7-10)22-8-21-11/h5-7,14H,4,8H2,1-3H3,(H,17,18). The number of hydrogen-bond donors (Lipinski definition) is 1. The molecule has 0 bridgehead atoms. The van der Waals surface area contributed by atoms with Crippen molar-refractivity contribution in [2.45, 2.75) is 19.9 Å². The van der Waals surface area contributed by atoms with Crippen LogP contribution in [0.25, 0.3) is 0 Å². The van der Waals surface area contributed by atoms with E-state index in [0.29, 0.717) is 23.7 Å². The molecule has 7 heteroatoms. The zero-order valence-electron chi connectivity index (χ0n) is 13.2. The van der Waals surface area contributed by atoms with Crippen LogP contribution in [0.15, 0.2) is 34.5 Å². The van der Waals surface area contributed by atoms with E-state index in [2.05, 4.69) is 10.3 Å². The van der Waals surface area contributed by atoms with Crippen molar-refractivity contribution in [1.29, 1.82) is 0 Å². The topological polar surface area (TPSA) is 69.2 Å². The number of aliphatic imine (C=N–C) groups is 1. The van der Waals surface area contributed by atoms with E-state index in [9.17, 15) is 4.79 Å². The van der Waals surface area contributed by atoms with Crippen LogP contribution in [0.2, 0.25) is 0 Å². The van der Waals surface area contributed by atoms with Crippen molar-refractivity contribution in [3.05, 3.63) is 35.0 Å². The summed E-state index contributed by atoms with van der Waals surface area (Å²) in [6.45, 7) is 4.18. The van der Waals surface area contributed by atoms with Crippen molar-refractivity contribution in [2.24, 2.45) is 4.99 Å². The molecule has 23 heavy (non-hydrogen) atoms. The van der Waals surface area contributed by atoms with Crippen LogP contribution in [-0.4, -0.2) is 30.8 Å². The molecule has 0 saturated heterocycles. The van der Waals surface area contributed by atoms with Crippen LogP contribution in [0.5, 0.6) is 11.5 Å². The molecule has 1 aromatic rings. The maximum absolute atomic E-state index is 12.4. The van der Waals surface area contributed by atoms with Crippen LogP contribution < -0.4 is 14.8 Å². The first kappa shape index (κ1) is 15.7. The lowest BCUT2D eigenvalue weighted by Crippen LogP contribution is -2.30. The smallest absolute Gasteiger partial charge is 0.338 e. The average Bonchev–Trinajstić information content (AvgIpc) is 3.01. The molecule has 0 amide bonds. The Morgan fingerprint density at radius 3 is 2.96 bits per heavy atom. The average molecular weight is 334 g/mol. The Morgan fingerprint density at radius 1 is 1.43 bits per heavy atom. The predicted octanol–water partition coefficient (Wildman–Crippen LogP) is 2.62. The van der Waals surface area contributed by atoms with E-state index in [1.165, 1.54) is 11.8 Å². The first-order valence-electron chi connectivity index (χ1n) is 7.30. The summed E-state index contributed by atoms with van der Waals surface area (Å²) in [6.07, 6.45) is 1.94. The third-order valence-electron chi connectivity index (χ3n) is 3.62. The van der Waals surface area contributed by atoms with Crippen LogP contribution in [0, 0.1) is 0 Å². The molecule has 6 nitrogen and oxygen atoms in total. The minimum absolute atomic E-state index is 0.212. The molecule has 0 saturated carbocycles. The van der Waals surface area contributed by atoms with Gasteiger partial charge in [0.15, 0.2) is 16.7 Å². The van der Waals surface area contributed by atoms with E-state index in [0.717, 1.165) is 16.4 Å². The van der Waals surface area contributed by atoms with Crippen molar-refractivity contribution in [3.8, 4) is 11.5 Å². The van der Waals surface area contributed by atoms with Crippen molar-refractivity contribution < 1.29 is 19.0 Å². The Hall–Kier alpha value is -2.15. The van der Waals surface area contributed by atoms with Crippen LogP contribution in [0.4, 0.5) is 0 Å². The van der Waals surface area contributed by atoms with Gasteiger partial charge in [0.2, 0.25) is 6.79 Å². The van der Waals surface area contributed by atoms with Gasteiger partial charge < -0.3 is 19.5 Å². The highest BCUT2D eigenvalue weighted by atomic mass is 32.2. The maximum atomic E-state index is 12.4. The summed E-state index contributed by atoms with van der Waals surface area (Å²) >= 11 is 1.50. The van der Waals surface area contributed by atoms with Gasteiger partial charge in [0.05, 0.1) is 12.2 Å². The molecule has 0 spiro atoms. The summed E-state index contributed by atoms with van der Waals surface area (Å²) in [5, 5.41) is 3.91. The lowest BCUT2D eigenvalue weighted by Gasteiger charge is -2.25. The Kier molecular flexibility index (Phi) is 4.47. The van der Waals surface area contributed by atoms with Gasteiger partial charge in [0.25, 0.3) is 0 Å². The molecular weight excluding hydrogens is 316 g/mol. The number of carbonyl (C=O) groups is 1. The number of amidine groups is 1. The summed E-state index contributed by atoms with van der Waals surface area (Å²) in [6, 6.07) is 5.18. The van der Waals surface area contributed by atoms with Crippen molar-refractivity contribution in [1.82, 2.24) is 5.32 Å². The molecule has 2 heterocycles. The fourth-order valence-electron chi connectivity index (χ4n) is 2.55. The fraction of sp³-hybridized carbons (Fsp3) is 0.375. The summed E-state index contributed by atoms with van der Waals surface area (Å²) in [5.74, 6) is 1.02. The van der Waals surface area contributed by atoms with Crippen molar-refractivity contribution in [3.63, 3.8) is 0 Å². The number of esters is 1. The summed E-state index contributed by atoms with van der Waals surface area (Å²) in [4.78, 5) is 17.0. The quantitative estimate of drug-likeness (QED) is 0.857. The maximum Gasteiger partial charge on any atom is 0.338 e. The highest BCUT2D eigenvalue weighted by molar-refractivity contribution is 8.13. The van der Waals surface area contributed by atoms with Gasteiger partial charge >= 0.3 is 5.97 Å². The van der Waals surface area contributed by atoms with E-state index >= 15 is 0 Å². The number of allylic oxidation sites excluding steroid dienone is 1. The number of nitrogens with one attached hydrogen (secondary N) is 1. The van der Waals surface area contributed by atoms with Gasteiger partial charge in [0.1, 0.15) is 6.04 Å². The fourth-order valence-corrected chi connectivity index (χ4v) is 3.01. The van der Waals surface area contributed by atoms with Gasteiger partial charge in [-0.2, -0.15) is 0 Å². The van der Waals surface area contributed by atoms with Gasteiger partial charge in [-0.1, -0.05) is 17.8 Å².